The molecule has 0 aliphatic carbocycles. The SMILES string of the molecule is O=c1[nH]cnc2c1ncn2[C@@H]1OC[C@H](OCc2ccccc2)[C@@H](OCc2ccccc2)[C@H]1OCc1ccccc1. The number of hydrogen-bond donors (Lipinski definition) is 1. The average Bonchev–Trinajstić information content (AvgIpc) is 3.45. The van der Waals surface area contributed by atoms with Crippen LogP contribution in [0.25, 0.3) is 11.2 Å². The number of H-pyrrole nitrogens is 1. The summed E-state index contributed by atoms with van der Waals surface area (Å²) in [5.74, 6) is 0. The molecule has 5 aromatic rings. The van der Waals surface area contributed by atoms with Gasteiger partial charge >= 0.3 is 0 Å². The van der Waals surface area contributed by atoms with E-state index in [1.165, 1.54) is 6.33 Å². The van der Waals surface area contributed by atoms with Crippen molar-refractivity contribution < 1.29 is 18.9 Å². The van der Waals surface area contributed by atoms with E-state index < -0.39 is 24.5 Å². The highest BCUT2D eigenvalue weighted by Gasteiger charge is 2.44. The van der Waals surface area contributed by atoms with Crippen molar-refractivity contribution in [3.8, 4) is 0 Å². The van der Waals surface area contributed by atoms with E-state index in [0.29, 0.717) is 25.5 Å². The predicted octanol–water partition coefficient (Wildman–Crippen LogP) is 4.40. The second-order valence-corrected chi connectivity index (χ2v) is 9.64. The molecule has 1 aliphatic rings. The molecule has 0 spiro atoms. The number of ether oxygens (including phenoxy) is 4. The van der Waals surface area contributed by atoms with Crippen molar-refractivity contribution in [2.45, 2.75) is 44.4 Å². The molecule has 40 heavy (non-hydrogen) atoms. The molecule has 0 amide bonds. The Morgan fingerprint density at radius 2 is 1.30 bits per heavy atom. The number of nitrogens with zero attached hydrogens (tertiary/aromatic N) is 3. The van der Waals surface area contributed by atoms with Crippen LogP contribution < -0.4 is 5.56 Å². The summed E-state index contributed by atoms with van der Waals surface area (Å²) in [4.78, 5) is 23.6. The molecule has 0 radical (unpaired) electrons. The van der Waals surface area contributed by atoms with Gasteiger partial charge in [0.15, 0.2) is 17.4 Å². The third kappa shape index (κ3) is 5.88. The first-order valence-corrected chi connectivity index (χ1v) is 13.2. The fraction of sp³-hybridized carbons (Fsp3) is 0.258. The number of rotatable bonds is 10. The Kier molecular flexibility index (Phi) is 8.06. The van der Waals surface area contributed by atoms with Gasteiger partial charge in [0.25, 0.3) is 5.56 Å². The second kappa shape index (κ2) is 12.4. The maximum Gasteiger partial charge on any atom is 0.278 e. The molecule has 0 saturated carbocycles. The summed E-state index contributed by atoms with van der Waals surface area (Å²) in [5.41, 5.74) is 3.43. The lowest BCUT2D eigenvalue weighted by Crippen LogP contribution is -2.54. The molecular weight excluding hydrogens is 508 g/mol. The first-order chi connectivity index (χ1) is 19.8. The molecule has 3 aromatic carbocycles. The zero-order chi connectivity index (χ0) is 27.1. The molecule has 9 nitrogen and oxygen atoms in total. The van der Waals surface area contributed by atoms with Crippen LogP contribution in [0.15, 0.2) is 108 Å². The Labute approximate surface area is 231 Å². The third-order valence-electron chi connectivity index (χ3n) is 6.92. The van der Waals surface area contributed by atoms with Gasteiger partial charge in [-0.1, -0.05) is 91.0 Å². The lowest BCUT2D eigenvalue weighted by molar-refractivity contribution is -0.255. The van der Waals surface area contributed by atoms with Gasteiger partial charge in [-0.05, 0) is 16.7 Å². The van der Waals surface area contributed by atoms with E-state index in [0.717, 1.165) is 16.7 Å². The summed E-state index contributed by atoms with van der Waals surface area (Å²) in [6.07, 6.45) is 0.770. The van der Waals surface area contributed by atoms with E-state index in [2.05, 4.69) is 15.0 Å². The first kappa shape index (κ1) is 26.1. The van der Waals surface area contributed by atoms with Crippen molar-refractivity contribution in [3.05, 3.63) is 131 Å². The van der Waals surface area contributed by atoms with Gasteiger partial charge in [-0.25, -0.2) is 9.97 Å². The molecule has 0 unspecified atom stereocenters. The molecule has 2 aromatic heterocycles. The molecule has 1 aliphatic heterocycles. The van der Waals surface area contributed by atoms with Crippen molar-refractivity contribution in [2.24, 2.45) is 0 Å². The summed E-state index contributed by atoms with van der Waals surface area (Å²) < 4.78 is 27.7. The van der Waals surface area contributed by atoms with Gasteiger partial charge in [-0.2, -0.15) is 0 Å². The predicted molar refractivity (Wildman–Crippen MR) is 148 cm³/mol. The van der Waals surface area contributed by atoms with Crippen LogP contribution in [0.5, 0.6) is 0 Å². The summed E-state index contributed by atoms with van der Waals surface area (Å²) in [6.45, 7) is 1.37. The molecule has 3 heterocycles. The zero-order valence-corrected chi connectivity index (χ0v) is 21.8. The summed E-state index contributed by atoms with van der Waals surface area (Å²) in [6, 6.07) is 29.9. The fourth-order valence-electron chi connectivity index (χ4n) is 4.88. The van der Waals surface area contributed by atoms with Gasteiger partial charge < -0.3 is 23.9 Å². The number of aromatic amines is 1. The van der Waals surface area contributed by atoms with Crippen LogP contribution in [-0.2, 0) is 38.8 Å². The molecule has 1 saturated heterocycles. The van der Waals surface area contributed by atoms with Crippen molar-refractivity contribution >= 4 is 11.2 Å². The van der Waals surface area contributed by atoms with Crippen LogP contribution in [-0.4, -0.2) is 44.4 Å². The maximum atomic E-state index is 12.4. The van der Waals surface area contributed by atoms with Gasteiger partial charge in [-0.15, -0.1) is 0 Å². The number of aromatic nitrogens is 4. The van der Waals surface area contributed by atoms with Crippen molar-refractivity contribution in [3.63, 3.8) is 0 Å². The van der Waals surface area contributed by atoms with Crippen LogP contribution in [0.4, 0.5) is 0 Å². The minimum atomic E-state index is -0.652. The smallest absolute Gasteiger partial charge is 0.278 e. The third-order valence-corrected chi connectivity index (χ3v) is 6.92. The summed E-state index contributed by atoms with van der Waals surface area (Å²) >= 11 is 0. The van der Waals surface area contributed by atoms with Crippen molar-refractivity contribution in [1.82, 2.24) is 19.5 Å². The minimum Gasteiger partial charge on any atom is -0.368 e. The van der Waals surface area contributed by atoms with Gasteiger partial charge in [0.05, 0.1) is 39.1 Å². The Balaban J connectivity index is 1.33. The Morgan fingerprint density at radius 1 is 0.750 bits per heavy atom. The Bertz CT molecular complexity index is 1560. The van der Waals surface area contributed by atoms with Crippen molar-refractivity contribution in [1.29, 1.82) is 0 Å². The van der Waals surface area contributed by atoms with E-state index in [-0.39, 0.29) is 17.7 Å². The second-order valence-electron chi connectivity index (χ2n) is 9.64. The quantitative estimate of drug-likeness (QED) is 0.281. The zero-order valence-electron chi connectivity index (χ0n) is 21.8. The van der Waals surface area contributed by atoms with Gasteiger partial charge in [0.1, 0.15) is 18.3 Å². The standard InChI is InChI=1S/C31H30N4O5/c36-30-26-29(32-20-33-30)35(21-34-26)31-28(39-18-24-14-8-3-9-15-24)27(38-17-23-12-6-2-7-13-23)25(19-40-31)37-16-22-10-4-1-5-11-22/h1-15,20-21,25,27-28,31H,16-19H2,(H,32,33,36)/t25-,27+,28+,31+/m0/s1. The molecule has 1 N–H and O–H groups in total. The number of fused-ring (bicyclic) bond motifs is 1. The van der Waals surface area contributed by atoms with Crippen LogP contribution in [0.1, 0.15) is 22.9 Å². The highest BCUT2D eigenvalue weighted by molar-refractivity contribution is 5.68. The van der Waals surface area contributed by atoms with Crippen LogP contribution in [0.2, 0.25) is 0 Å². The lowest BCUT2D eigenvalue weighted by atomic mass is 10.0. The molecule has 0 bridgehead atoms. The maximum absolute atomic E-state index is 12.4. The van der Waals surface area contributed by atoms with Crippen LogP contribution in [0, 0.1) is 0 Å². The van der Waals surface area contributed by atoms with Crippen LogP contribution >= 0.6 is 0 Å². The van der Waals surface area contributed by atoms with E-state index in [1.54, 1.807) is 10.9 Å². The topological polar surface area (TPSA) is 100 Å². The molecule has 4 atom stereocenters. The Morgan fingerprint density at radius 3 is 1.90 bits per heavy atom. The summed E-state index contributed by atoms with van der Waals surface area (Å²) in [7, 11) is 0. The van der Waals surface area contributed by atoms with Crippen LogP contribution in [0.3, 0.4) is 0 Å². The highest BCUT2D eigenvalue weighted by Crippen LogP contribution is 2.33. The number of hydrogen-bond acceptors (Lipinski definition) is 7. The summed E-state index contributed by atoms with van der Waals surface area (Å²) in [5, 5.41) is 0. The highest BCUT2D eigenvalue weighted by atomic mass is 16.6. The number of nitrogens with one attached hydrogen (secondary N) is 1. The normalized spacial score (nSPS) is 21.0. The lowest BCUT2D eigenvalue weighted by Gasteiger charge is -2.42. The molecule has 9 heteroatoms. The van der Waals surface area contributed by atoms with Gasteiger partial charge in [-0.3, -0.25) is 9.36 Å². The van der Waals surface area contributed by atoms with Gasteiger partial charge in [0, 0.05) is 0 Å². The molecule has 6 rings (SSSR count). The fourth-order valence-corrected chi connectivity index (χ4v) is 4.88. The number of benzene rings is 3. The Hall–Kier alpha value is -4.15. The van der Waals surface area contributed by atoms with E-state index >= 15 is 0 Å². The monoisotopic (exact) mass is 538 g/mol. The van der Waals surface area contributed by atoms with Gasteiger partial charge in [0.2, 0.25) is 0 Å². The van der Waals surface area contributed by atoms with E-state index in [1.807, 2.05) is 91.0 Å². The van der Waals surface area contributed by atoms with E-state index in [4.69, 9.17) is 18.9 Å². The van der Waals surface area contributed by atoms with E-state index in [9.17, 15) is 4.79 Å². The molecular formula is C31H30N4O5. The first-order valence-electron chi connectivity index (χ1n) is 13.2. The largest absolute Gasteiger partial charge is 0.368 e. The average molecular weight is 539 g/mol. The minimum absolute atomic E-state index is 0.233. The molecule has 1 fully saturated rings. The number of imidazole rings is 1. The van der Waals surface area contributed by atoms with Crippen molar-refractivity contribution in [2.75, 3.05) is 6.61 Å². The molecule has 204 valence electrons.